The number of sulfone groups is 1. The molecule has 1 aliphatic rings. The highest BCUT2D eigenvalue weighted by atomic mass is 32.2. The highest BCUT2D eigenvalue weighted by Gasteiger charge is 2.25. The van der Waals surface area contributed by atoms with Crippen LogP contribution < -0.4 is 5.32 Å². The molecule has 6 nitrogen and oxygen atoms in total. The molecule has 1 aromatic carbocycles. The van der Waals surface area contributed by atoms with Gasteiger partial charge in [0.2, 0.25) is 0 Å². The maximum absolute atomic E-state index is 11.7. The SMILES string of the molecule is CCNC(=NCCS(=O)(=O)CC)N1CCOC(c2ccc(C)cc2C)C1. The molecular formula is C19H31N3O3S. The zero-order valence-electron chi connectivity index (χ0n) is 16.3. The summed E-state index contributed by atoms with van der Waals surface area (Å²) in [4.78, 5) is 6.69. The van der Waals surface area contributed by atoms with E-state index in [-0.39, 0.29) is 24.2 Å². The first-order valence-electron chi connectivity index (χ1n) is 9.28. The molecule has 1 atom stereocenters. The minimum atomic E-state index is -3.00. The molecule has 1 heterocycles. The molecule has 1 aliphatic heterocycles. The first kappa shape index (κ1) is 20.7. The first-order valence-corrected chi connectivity index (χ1v) is 11.1. The average Bonchev–Trinajstić information content (AvgIpc) is 2.61. The summed E-state index contributed by atoms with van der Waals surface area (Å²) >= 11 is 0. The van der Waals surface area contributed by atoms with Gasteiger partial charge in [0.25, 0.3) is 0 Å². The summed E-state index contributed by atoms with van der Waals surface area (Å²) < 4.78 is 29.4. The number of hydrogen-bond acceptors (Lipinski definition) is 4. The molecule has 0 amide bonds. The van der Waals surface area contributed by atoms with Gasteiger partial charge in [-0.15, -0.1) is 0 Å². The van der Waals surface area contributed by atoms with E-state index in [1.807, 2.05) is 6.92 Å². The number of guanidine groups is 1. The largest absolute Gasteiger partial charge is 0.370 e. The van der Waals surface area contributed by atoms with Crippen LogP contribution in [0.15, 0.2) is 23.2 Å². The van der Waals surface area contributed by atoms with E-state index in [0.29, 0.717) is 13.2 Å². The van der Waals surface area contributed by atoms with E-state index in [4.69, 9.17) is 4.74 Å². The summed E-state index contributed by atoms with van der Waals surface area (Å²) in [6, 6.07) is 6.42. The summed E-state index contributed by atoms with van der Waals surface area (Å²) in [5.74, 6) is 1.01. The van der Waals surface area contributed by atoms with Crippen molar-refractivity contribution in [2.75, 3.05) is 44.3 Å². The summed E-state index contributed by atoms with van der Waals surface area (Å²) in [5.41, 5.74) is 3.67. The average molecular weight is 382 g/mol. The smallest absolute Gasteiger partial charge is 0.194 e. The summed E-state index contributed by atoms with van der Waals surface area (Å²) in [6.45, 7) is 11.0. The monoisotopic (exact) mass is 381 g/mol. The molecule has 2 rings (SSSR count). The highest BCUT2D eigenvalue weighted by molar-refractivity contribution is 7.91. The fourth-order valence-electron chi connectivity index (χ4n) is 3.08. The zero-order chi connectivity index (χ0) is 19.2. The van der Waals surface area contributed by atoms with Gasteiger partial charge in [-0.25, -0.2) is 8.42 Å². The van der Waals surface area contributed by atoms with Crippen LogP contribution in [0, 0.1) is 13.8 Å². The Hall–Kier alpha value is -1.60. The van der Waals surface area contributed by atoms with Crippen LogP contribution in [0.5, 0.6) is 0 Å². The van der Waals surface area contributed by atoms with Crippen molar-refractivity contribution in [2.24, 2.45) is 4.99 Å². The third-order valence-electron chi connectivity index (χ3n) is 4.58. The van der Waals surface area contributed by atoms with Gasteiger partial charge >= 0.3 is 0 Å². The Morgan fingerprint density at radius 2 is 2.12 bits per heavy atom. The molecule has 1 fully saturated rings. The molecule has 0 aromatic heterocycles. The van der Waals surface area contributed by atoms with Crippen molar-refractivity contribution in [3.8, 4) is 0 Å². The van der Waals surface area contributed by atoms with Gasteiger partial charge in [-0.2, -0.15) is 0 Å². The van der Waals surface area contributed by atoms with Crippen LogP contribution >= 0.6 is 0 Å². The number of aryl methyl sites for hydroxylation is 2. The lowest BCUT2D eigenvalue weighted by Crippen LogP contribution is -2.48. The number of morpholine rings is 1. The standard InChI is InChI=1S/C19H31N3O3S/c1-5-20-19(21-9-12-26(23,24)6-2)22-10-11-25-18(14-22)17-8-7-15(3)13-16(17)4/h7-8,13,18H,5-6,9-12,14H2,1-4H3,(H,20,21). The number of nitrogens with one attached hydrogen (secondary N) is 1. The Labute approximate surface area is 157 Å². The van der Waals surface area contributed by atoms with Gasteiger partial charge < -0.3 is 15.0 Å². The van der Waals surface area contributed by atoms with E-state index in [0.717, 1.165) is 19.0 Å². The fraction of sp³-hybridized carbons (Fsp3) is 0.632. The topological polar surface area (TPSA) is 71.0 Å². The molecule has 146 valence electrons. The zero-order valence-corrected chi connectivity index (χ0v) is 17.1. The maximum atomic E-state index is 11.7. The molecule has 1 aromatic rings. The number of benzene rings is 1. The molecule has 0 bridgehead atoms. The number of hydrogen-bond donors (Lipinski definition) is 1. The molecule has 26 heavy (non-hydrogen) atoms. The quantitative estimate of drug-likeness (QED) is 0.603. The number of aliphatic imine (C=N–C) groups is 1. The lowest BCUT2D eigenvalue weighted by atomic mass is 10.00. The van der Waals surface area contributed by atoms with E-state index >= 15 is 0 Å². The summed E-state index contributed by atoms with van der Waals surface area (Å²) in [7, 11) is -3.00. The molecule has 1 N–H and O–H groups in total. The predicted octanol–water partition coefficient (Wildman–Crippen LogP) is 2.08. The second-order valence-electron chi connectivity index (χ2n) is 6.64. The Bertz CT molecular complexity index is 732. The molecular weight excluding hydrogens is 350 g/mol. The van der Waals surface area contributed by atoms with E-state index in [1.165, 1.54) is 16.7 Å². The number of ether oxygens (including phenoxy) is 1. The highest BCUT2D eigenvalue weighted by Crippen LogP contribution is 2.25. The third kappa shape index (κ3) is 5.71. The van der Waals surface area contributed by atoms with E-state index in [1.54, 1.807) is 6.92 Å². The van der Waals surface area contributed by atoms with Gasteiger partial charge in [-0.05, 0) is 31.9 Å². The fourth-order valence-corrected chi connectivity index (χ4v) is 3.74. The van der Waals surface area contributed by atoms with Crippen LogP contribution in [-0.2, 0) is 14.6 Å². The summed E-state index contributed by atoms with van der Waals surface area (Å²) in [5, 5.41) is 3.28. The van der Waals surface area contributed by atoms with Crippen molar-refractivity contribution in [3.63, 3.8) is 0 Å². The summed E-state index contributed by atoms with van der Waals surface area (Å²) in [6.07, 6.45) is -0.00687. The molecule has 7 heteroatoms. The van der Waals surface area contributed by atoms with Gasteiger partial charge in [0, 0.05) is 18.8 Å². The lowest BCUT2D eigenvalue weighted by Gasteiger charge is -2.36. The van der Waals surface area contributed by atoms with Crippen molar-refractivity contribution in [1.82, 2.24) is 10.2 Å². The van der Waals surface area contributed by atoms with Gasteiger partial charge in [0.15, 0.2) is 15.8 Å². The minimum absolute atomic E-state index is 0.00687. The van der Waals surface area contributed by atoms with Crippen molar-refractivity contribution >= 4 is 15.8 Å². The van der Waals surface area contributed by atoms with Crippen LogP contribution in [0.2, 0.25) is 0 Å². The Kier molecular flexibility index (Phi) is 7.46. The van der Waals surface area contributed by atoms with Crippen molar-refractivity contribution in [3.05, 3.63) is 34.9 Å². The van der Waals surface area contributed by atoms with Crippen LogP contribution in [0.3, 0.4) is 0 Å². The predicted molar refractivity (Wildman–Crippen MR) is 106 cm³/mol. The third-order valence-corrected chi connectivity index (χ3v) is 6.26. The molecule has 0 spiro atoms. The minimum Gasteiger partial charge on any atom is -0.370 e. The first-order chi connectivity index (χ1) is 12.4. The van der Waals surface area contributed by atoms with Gasteiger partial charge in [-0.3, -0.25) is 4.99 Å². The number of nitrogens with zero attached hydrogens (tertiary/aromatic N) is 2. The van der Waals surface area contributed by atoms with Crippen molar-refractivity contribution in [2.45, 2.75) is 33.8 Å². The molecule has 0 saturated carbocycles. The van der Waals surface area contributed by atoms with Crippen LogP contribution in [-0.4, -0.2) is 63.6 Å². The Balaban J connectivity index is 2.10. The molecule has 0 radical (unpaired) electrons. The van der Waals surface area contributed by atoms with Crippen LogP contribution in [0.25, 0.3) is 0 Å². The Morgan fingerprint density at radius 1 is 1.35 bits per heavy atom. The van der Waals surface area contributed by atoms with Crippen molar-refractivity contribution in [1.29, 1.82) is 0 Å². The van der Waals surface area contributed by atoms with E-state index < -0.39 is 9.84 Å². The molecule has 1 saturated heterocycles. The molecule has 1 unspecified atom stereocenters. The van der Waals surface area contributed by atoms with Crippen molar-refractivity contribution < 1.29 is 13.2 Å². The second kappa shape index (κ2) is 9.37. The second-order valence-corrected chi connectivity index (χ2v) is 9.11. The normalized spacial score (nSPS) is 18.8. The van der Waals surface area contributed by atoms with Gasteiger partial charge in [0.1, 0.15) is 6.10 Å². The number of rotatable bonds is 6. The van der Waals surface area contributed by atoms with Gasteiger partial charge in [0.05, 0.1) is 25.4 Å². The Morgan fingerprint density at radius 3 is 2.77 bits per heavy atom. The van der Waals surface area contributed by atoms with Gasteiger partial charge in [-0.1, -0.05) is 30.7 Å². The van der Waals surface area contributed by atoms with Crippen LogP contribution in [0.4, 0.5) is 0 Å². The maximum Gasteiger partial charge on any atom is 0.194 e. The van der Waals surface area contributed by atoms with E-state index in [9.17, 15) is 8.42 Å². The lowest BCUT2D eigenvalue weighted by molar-refractivity contribution is -0.00832. The van der Waals surface area contributed by atoms with E-state index in [2.05, 4.69) is 47.3 Å². The molecule has 0 aliphatic carbocycles. The van der Waals surface area contributed by atoms with Crippen LogP contribution in [0.1, 0.15) is 36.6 Å².